The summed E-state index contributed by atoms with van der Waals surface area (Å²) in [6.07, 6.45) is 5.99. The standard InChI is InChI=1S/C16H20N4O5/c21-14-7-6-13(20(24)25)8-12(14)9-18-19-15(22)10-17-16(23)11-4-2-1-3-5-11/h6-9,11,21H,1-5,10H2,(H,17,23)(H,19,22)/b18-9+. The van der Waals surface area contributed by atoms with Crippen molar-refractivity contribution in [3.63, 3.8) is 0 Å². The van der Waals surface area contributed by atoms with Crippen molar-refractivity contribution in [3.05, 3.63) is 33.9 Å². The number of phenols is 1. The minimum Gasteiger partial charge on any atom is -0.507 e. The molecule has 134 valence electrons. The molecule has 0 aliphatic heterocycles. The van der Waals surface area contributed by atoms with Crippen LogP contribution in [0.1, 0.15) is 37.7 Å². The summed E-state index contributed by atoms with van der Waals surface area (Å²) in [5.41, 5.74) is 2.09. The maximum Gasteiger partial charge on any atom is 0.270 e. The summed E-state index contributed by atoms with van der Waals surface area (Å²) in [7, 11) is 0. The highest BCUT2D eigenvalue weighted by atomic mass is 16.6. The quantitative estimate of drug-likeness (QED) is 0.406. The molecule has 9 heteroatoms. The Bertz CT molecular complexity index is 683. The number of carbonyl (C=O) groups is 2. The largest absolute Gasteiger partial charge is 0.507 e. The first-order valence-corrected chi connectivity index (χ1v) is 8.04. The molecule has 2 rings (SSSR count). The number of amides is 2. The van der Waals surface area contributed by atoms with Crippen molar-refractivity contribution < 1.29 is 19.6 Å². The summed E-state index contributed by atoms with van der Waals surface area (Å²) in [6, 6.07) is 3.47. The summed E-state index contributed by atoms with van der Waals surface area (Å²) in [5.74, 6) is -0.887. The third-order valence-electron chi connectivity index (χ3n) is 4.01. The number of nitro groups is 1. The molecule has 0 spiro atoms. The molecule has 2 amide bonds. The normalized spacial score (nSPS) is 15.0. The van der Waals surface area contributed by atoms with Gasteiger partial charge in [-0.05, 0) is 18.9 Å². The van der Waals surface area contributed by atoms with Crippen LogP contribution in [0.2, 0.25) is 0 Å². The number of carbonyl (C=O) groups excluding carboxylic acids is 2. The lowest BCUT2D eigenvalue weighted by Crippen LogP contribution is -2.38. The third kappa shape index (κ3) is 5.55. The Labute approximate surface area is 144 Å². The van der Waals surface area contributed by atoms with E-state index < -0.39 is 10.8 Å². The number of nitrogens with zero attached hydrogens (tertiary/aromatic N) is 2. The van der Waals surface area contributed by atoms with Gasteiger partial charge in [-0.15, -0.1) is 0 Å². The summed E-state index contributed by atoms with van der Waals surface area (Å²) >= 11 is 0. The molecule has 0 radical (unpaired) electrons. The van der Waals surface area contributed by atoms with Gasteiger partial charge in [0, 0.05) is 23.6 Å². The molecule has 3 N–H and O–H groups in total. The second-order valence-corrected chi connectivity index (χ2v) is 5.85. The Kier molecular flexibility index (Phi) is 6.44. The van der Waals surface area contributed by atoms with E-state index in [1.54, 1.807) is 0 Å². The minimum atomic E-state index is -0.601. The van der Waals surface area contributed by atoms with Crippen LogP contribution >= 0.6 is 0 Å². The Balaban J connectivity index is 1.81. The van der Waals surface area contributed by atoms with E-state index in [2.05, 4.69) is 15.8 Å². The van der Waals surface area contributed by atoms with Crippen LogP contribution in [0, 0.1) is 16.0 Å². The number of hydrogen-bond donors (Lipinski definition) is 3. The van der Waals surface area contributed by atoms with Crippen LogP contribution in [0.5, 0.6) is 5.75 Å². The molecule has 25 heavy (non-hydrogen) atoms. The summed E-state index contributed by atoms with van der Waals surface area (Å²) in [4.78, 5) is 33.7. The summed E-state index contributed by atoms with van der Waals surface area (Å²) in [6.45, 7) is -0.201. The minimum absolute atomic E-state index is 0.0353. The monoisotopic (exact) mass is 348 g/mol. The zero-order valence-corrected chi connectivity index (χ0v) is 13.6. The lowest BCUT2D eigenvalue weighted by atomic mass is 9.89. The predicted octanol–water partition coefficient (Wildman–Crippen LogP) is 1.45. The zero-order valence-electron chi connectivity index (χ0n) is 13.6. The van der Waals surface area contributed by atoms with E-state index in [1.165, 1.54) is 6.07 Å². The van der Waals surface area contributed by atoms with E-state index in [1.807, 2.05) is 0 Å². The fraction of sp³-hybridized carbons (Fsp3) is 0.438. The molecular formula is C16H20N4O5. The van der Waals surface area contributed by atoms with Crippen LogP contribution in [-0.4, -0.2) is 34.6 Å². The molecule has 1 fully saturated rings. The van der Waals surface area contributed by atoms with Gasteiger partial charge in [-0.3, -0.25) is 19.7 Å². The zero-order chi connectivity index (χ0) is 18.2. The molecule has 1 aliphatic carbocycles. The molecule has 9 nitrogen and oxygen atoms in total. The van der Waals surface area contributed by atoms with Crippen molar-refractivity contribution in [2.24, 2.45) is 11.0 Å². The Hall–Kier alpha value is -2.97. The number of rotatable bonds is 6. The lowest BCUT2D eigenvalue weighted by molar-refractivity contribution is -0.384. The first kappa shape index (κ1) is 18.4. The average Bonchev–Trinajstić information content (AvgIpc) is 2.61. The van der Waals surface area contributed by atoms with Gasteiger partial charge in [-0.1, -0.05) is 19.3 Å². The van der Waals surface area contributed by atoms with E-state index in [0.717, 1.165) is 50.5 Å². The first-order chi connectivity index (χ1) is 12.0. The van der Waals surface area contributed by atoms with Crippen molar-refractivity contribution in [1.29, 1.82) is 0 Å². The van der Waals surface area contributed by atoms with Crippen molar-refractivity contribution in [2.75, 3.05) is 6.54 Å². The van der Waals surface area contributed by atoms with Gasteiger partial charge in [0.05, 0.1) is 17.7 Å². The van der Waals surface area contributed by atoms with Gasteiger partial charge in [0.15, 0.2) is 0 Å². The highest BCUT2D eigenvalue weighted by molar-refractivity contribution is 5.88. The van der Waals surface area contributed by atoms with E-state index in [-0.39, 0.29) is 35.4 Å². The maximum absolute atomic E-state index is 11.9. The number of nitrogens with one attached hydrogen (secondary N) is 2. The molecular weight excluding hydrogens is 328 g/mol. The second-order valence-electron chi connectivity index (χ2n) is 5.85. The van der Waals surface area contributed by atoms with Crippen LogP contribution in [-0.2, 0) is 9.59 Å². The molecule has 1 aromatic carbocycles. The third-order valence-corrected chi connectivity index (χ3v) is 4.01. The van der Waals surface area contributed by atoms with Crippen LogP contribution < -0.4 is 10.7 Å². The van der Waals surface area contributed by atoms with E-state index >= 15 is 0 Å². The SMILES string of the molecule is O=C(CNC(=O)C1CCCCC1)N/N=C/c1cc([N+](=O)[O-])ccc1O. The average molecular weight is 348 g/mol. The molecule has 0 bridgehead atoms. The highest BCUT2D eigenvalue weighted by Crippen LogP contribution is 2.23. The Morgan fingerprint density at radius 2 is 2.04 bits per heavy atom. The molecule has 0 aromatic heterocycles. The van der Waals surface area contributed by atoms with Crippen LogP contribution in [0.25, 0.3) is 0 Å². The number of hydrogen-bond acceptors (Lipinski definition) is 6. The number of benzene rings is 1. The highest BCUT2D eigenvalue weighted by Gasteiger charge is 2.21. The van der Waals surface area contributed by atoms with Crippen molar-refractivity contribution in [1.82, 2.24) is 10.7 Å². The molecule has 1 aromatic rings. The summed E-state index contributed by atoms with van der Waals surface area (Å²) < 4.78 is 0. The van der Waals surface area contributed by atoms with Crippen LogP contribution in [0.3, 0.4) is 0 Å². The van der Waals surface area contributed by atoms with Crippen LogP contribution in [0.15, 0.2) is 23.3 Å². The van der Waals surface area contributed by atoms with Crippen molar-refractivity contribution in [3.8, 4) is 5.75 Å². The van der Waals surface area contributed by atoms with E-state index in [4.69, 9.17) is 0 Å². The molecule has 0 saturated heterocycles. The number of aromatic hydroxyl groups is 1. The second kappa shape index (κ2) is 8.76. The van der Waals surface area contributed by atoms with Gasteiger partial charge in [0.2, 0.25) is 5.91 Å². The predicted molar refractivity (Wildman–Crippen MR) is 90.1 cm³/mol. The number of nitro benzene ring substituents is 1. The lowest BCUT2D eigenvalue weighted by Gasteiger charge is -2.20. The number of hydrazone groups is 1. The molecule has 1 saturated carbocycles. The van der Waals surface area contributed by atoms with Crippen molar-refractivity contribution >= 4 is 23.7 Å². The smallest absolute Gasteiger partial charge is 0.270 e. The topological polar surface area (TPSA) is 134 Å². The first-order valence-electron chi connectivity index (χ1n) is 8.04. The van der Waals surface area contributed by atoms with Crippen LogP contribution in [0.4, 0.5) is 5.69 Å². The molecule has 1 aliphatic rings. The van der Waals surface area contributed by atoms with Crippen molar-refractivity contribution in [2.45, 2.75) is 32.1 Å². The fourth-order valence-corrected chi connectivity index (χ4v) is 2.65. The number of phenolic OH excluding ortho intramolecular Hbond substituents is 1. The van der Waals surface area contributed by atoms with Gasteiger partial charge in [0.25, 0.3) is 11.6 Å². The Morgan fingerprint density at radius 3 is 2.72 bits per heavy atom. The Morgan fingerprint density at radius 1 is 1.32 bits per heavy atom. The van der Waals surface area contributed by atoms with E-state index in [0.29, 0.717) is 0 Å². The van der Waals surface area contributed by atoms with Gasteiger partial charge < -0.3 is 10.4 Å². The fourth-order valence-electron chi connectivity index (χ4n) is 2.65. The molecule has 0 unspecified atom stereocenters. The number of non-ortho nitro benzene ring substituents is 1. The van der Waals surface area contributed by atoms with E-state index in [9.17, 15) is 24.8 Å². The van der Waals surface area contributed by atoms with Gasteiger partial charge in [0.1, 0.15) is 5.75 Å². The molecule has 0 atom stereocenters. The summed E-state index contributed by atoms with van der Waals surface area (Å²) in [5, 5.41) is 26.5. The van der Waals surface area contributed by atoms with Gasteiger partial charge in [-0.2, -0.15) is 5.10 Å². The maximum atomic E-state index is 11.9. The van der Waals surface area contributed by atoms with Gasteiger partial charge in [-0.25, -0.2) is 5.43 Å². The van der Waals surface area contributed by atoms with Gasteiger partial charge >= 0.3 is 0 Å². The molecule has 0 heterocycles.